The number of aryl methyl sites for hydroxylation is 1. The lowest BCUT2D eigenvalue weighted by atomic mass is 10.2. The molecule has 2 aromatic rings. The van der Waals surface area contributed by atoms with E-state index in [1.54, 1.807) is 29.9 Å². The average molecular weight is 380 g/mol. The molecule has 0 fully saturated rings. The number of rotatable bonds is 6. The lowest BCUT2D eigenvalue weighted by Crippen LogP contribution is -2.14. The van der Waals surface area contributed by atoms with Crippen LogP contribution in [0.4, 0.5) is 0 Å². The Morgan fingerprint density at radius 2 is 2.00 bits per heavy atom. The summed E-state index contributed by atoms with van der Waals surface area (Å²) in [7, 11) is 2.98. The Balaban J connectivity index is 2.55. The normalized spacial score (nSPS) is 11.9. The van der Waals surface area contributed by atoms with Crippen molar-refractivity contribution >= 4 is 51.8 Å². The smallest absolute Gasteiger partial charge is 0.340 e. The minimum atomic E-state index is -1.69. The van der Waals surface area contributed by atoms with Crippen LogP contribution in [-0.2, 0) is 19.8 Å². The Kier molecular flexibility index (Phi) is 6.14. The second-order valence-electron chi connectivity index (χ2n) is 4.95. The van der Waals surface area contributed by atoms with Gasteiger partial charge in [0.15, 0.2) is 5.82 Å². The summed E-state index contributed by atoms with van der Waals surface area (Å²) in [4.78, 5) is 16.4. The zero-order chi connectivity index (χ0) is 17.0. The molecule has 1 heterocycles. The van der Waals surface area contributed by atoms with Crippen molar-refractivity contribution in [2.75, 3.05) is 20.8 Å². The number of carbonyl (C=O) groups excluding carboxylic acids is 1. The quantitative estimate of drug-likeness (QED) is 0.431. The number of ether oxygens (including phenoxy) is 2. The molecule has 0 aliphatic carbocycles. The van der Waals surface area contributed by atoms with Crippen LogP contribution in [0, 0.1) is 0 Å². The maximum atomic E-state index is 12.0. The van der Waals surface area contributed by atoms with Gasteiger partial charge in [0.1, 0.15) is 0 Å². The molecule has 1 aromatic carbocycles. The summed E-state index contributed by atoms with van der Waals surface area (Å²) in [5, 5.41) is 0. The fourth-order valence-electron chi connectivity index (χ4n) is 2.41. The van der Waals surface area contributed by atoms with Crippen LogP contribution in [0.3, 0.4) is 0 Å². The standard InChI is InChI=1S/C15H17Cl3N2O3/c1-22-9-4-3-8-20-12-10(13(21)23-2)6-5-7-11(12)19-14(20)15(16,17)18/h5-7H,3-4,8-9H2,1-2H3. The van der Waals surface area contributed by atoms with E-state index < -0.39 is 9.76 Å². The molecule has 0 saturated carbocycles. The number of esters is 1. The van der Waals surface area contributed by atoms with Gasteiger partial charge >= 0.3 is 5.97 Å². The number of carbonyl (C=O) groups is 1. The minimum Gasteiger partial charge on any atom is -0.465 e. The zero-order valence-corrected chi connectivity index (χ0v) is 15.1. The molecule has 8 heteroatoms. The number of para-hydroxylation sites is 1. The lowest BCUT2D eigenvalue weighted by molar-refractivity contribution is 0.0602. The van der Waals surface area contributed by atoms with Crippen molar-refractivity contribution in [3.63, 3.8) is 0 Å². The summed E-state index contributed by atoms with van der Waals surface area (Å²) in [6, 6.07) is 5.16. The van der Waals surface area contributed by atoms with Crippen molar-refractivity contribution in [1.82, 2.24) is 9.55 Å². The maximum Gasteiger partial charge on any atom is 0.340 e. The van der Waals surface area contributed by atoms with Gasteiger partial charge in [0.05, 0.1) is 23.7 Å². The van der Waals surface area contributed by atoms with E-state index in [2.05, 4.69) is 4.98 Å². The molecule has 0 aliphatic heterocycles. The Bertz CT molecular complexity index is 695. The van der Waals surface area contributed by atoms with Gasteiger partial charge in [0.25, 0.3) is 0 Å². The van der Waals surface area contributed by atoms with E-state index in [4.69, 9.17) is 44.3 Å². The number of halogens is 3. The number of methoxy groups -OCH3 is 2. The number of benzene rings is 1. The van der Waals surface area contributed by atoms with Crippen molar-refractivity contribution in [2.45, 2.75) is 23.2 Å². The molecule has 0 atom stereocenters. The van der Waals surface area contributed by atoms with Crippen LogP contribution >= 0.6 is 34.8 Å². The molecule has 0 radical (unpaired) electrons. The summed E-state index contributed by atoms with van der Waals surface area (Å²) >= 11 is 18.1. The molecule has 126 valence electrons. The third kappa shape index (κ3) is 4.10. The number of imidazole rings is 1. The summed E-state index contributed by atoms with van der Waals surface area (Å²) in [5.41, 5.74) is 1.59. The maximum absolute atomic E-state index is 12.0. The van der Waals surface area contributed by atoms with Gasteiger partial charge in [0.2, 0.25) is 3.79 Å². The van der Waals surface area contributed by atoms with Crippen LogP contribution in [0.15, 0.2) is 18.2 Å². The van der Waals surface area contributed by atoms with Gasteiger partial charge < -0.3 is 14.0 Å². The van der Waals surface area contributed by atoms with E-state index in [1.807, 2.05) is 0 Å². The number of aromatic nitrogens is 2. The van der Waals surface area contributed by atoms with Gasteiger partial charge in [-0.1, -0.05) is 40.9 Å². The Hall–Kier alpha value is -1.01. The average Bonchev–Trinajstić information content (AvgIpc) is 2.90. The number of unbranched alkanes of at least 4 members (excludes halogenated alkanes) is 1. The highest BCUT2D eigenvalue weighted by atomic mass is 35.6. The van der Waals surface area contributed by atoms with Crippen LogP contribution in [0.2, 0.25) is 0 Å². The molecule has 0 N–H and O–H groups in total. The van der Waals surface area contributed by atoms with E-state index >= 15 is 0 Å². The number of nitrogens with zero attached hydrogens (tertiary/aromatic N) is 2. The number of hydrogen-bond acceptors (Lipinski definition) is 4. The van der Waals surface area contributed by atoms with Crippen molar-refractivity contribution < 1.29 is 14.3 Å². The van der Waals surface area contributed by atoms with Crippen LogP contribution < -0.4 is 0 Å². The van der Waals surface area contributed by atoms with Crippen molar-refractivity contribution in [2.24, 2.45) is 0 Å². The third-order valence-corrected chi connectivity index (χ3v) is 3.91. The monoisotopic (exact) mass is 378 g/mol. The van der Waals surface area contributed by atoms with Gasteiger partial charge in [-0.15, -0.1) is 0 Å². The molecule has 2 rings (SSSR count). The highest BCUT2D eigenvalue weighted by molar-refractivity contribution is 6.66. The first-order chi connectivity index (χ1) is 10.9. The topological polar surface area (TPSA) is 53.4 Å². The van der Waals surface area contributed by atoms with Crippen LogP contribution in [-0.4, -0.2) is 36.3 Å². The first-order valence-electron chi connectivity index (χ1n) is 7.04. The van der Waals surface area contributed by atoms with Crippen molar-refractivity contribution in [3.8, 4) is 0 Å². The van der Waals surface area contributed by atoms with Crippen molar-refractivity contribution in [3.05, 3.63) is 29.6 Å². The molecule has 0 saturated heterocycles. The summed E-state index contributed by atoms with van der Waals surface area (Å²) < 4.78 is 9.97. The molecular weight excluding hydrogens is 363 g/mol. The van der Waals surface area contributed by atoms with E-state index in [1.165, 1.54) is 7.11 Å². The Morgan fingerprint density at radius 1 is 1.26 bits per heavy atom. The van der Waals surface area contributed by atoms with Crippen LogP contribution in [0.1, 0.15) is 29.0 Å². The lowest BCUT2D eigenvalue weighted by Gasteiger charge is -2.15. The van der Waals surface area contributed by atoms with E-state index in [0.29, 0.717) is 29.7 Å². The van der Waals surface area contributed by atoms with Gasteiger partial charge in [0, 0.05) is 20.3 Å². The first kappa shape index (κ1) is 18.3. The summed E-state index contributed by atoms with van der Waals surface area (Å²) in [5.74, 6) is -0.171. The molecule has 0 unspecified atom stereocenters. The molecular formula is C15H17Cl3N2O3. The zero-order valence-electron chi connectivity index (χ0n) is 12.8. The molecule has 0 spiro atoms. The minimum absolute atomic E-state index is 0.284. The first-order valence-corrected chi connectivity index (χ1v) is 8.17. The Labute approximate surface area is 149 Å². The van der Waals surface area contributed by atoms with Gasteiger partial charge in [-0.25, -0.2) is 9.78 Å². The molecule has 23 heavy (non-hydrogen) atoms. The van der Waals surface area contributed by atoms with Gasteiger partial charge in [-0.3, -0.25) is 0 Å². The van der Waals surface area contributed by atoms with Gasteiger partial charge in [-0.2, -0.15) is 0 Å². The summed E-state index contributed by atoms with van der Waals surface area (Å²) in [6.45, 7) is 1.19. The second kappa shape index (κ2) is 7.71. The highest BCUT2D eigenvalue weighted by Crippen LogP contribution is 2.39. The van der Waals surface area contributed by atoms with Crippen molar-refractivity contribution in [1.29, 1.82) is 0 Å². The van der Waals surface area contributed by atoms with E-state index in [-0.39, 0.29) is 5.82 Å². The molecule has 5 nitrogen and oxygen atoms in total. The van der Waals surface area contributed by atoms with Crippen LogP contribution in [0.5, 0.6) is 0 Å². The number of hydrogen-bond donors (Lipinski definition) is 0. The SMILES string of the molecule is COCCCCn1c(C(Cl)(Cl)Cl)nc2cccc(C(=O)OC)c21. The van der Waals surface area contributed by atoms with Crippen LogP contribution in [0.25, 0.3) is 11.0 Å². The largest absolute Gasteiger partial charge is 0.465 e. The predicted octanol–water partition coefficient (Wildman–Crippen LogP) is 4.08. The number of fused-ring (bicyclic) bond motifs is 1. The molecule has 0 amide bonds. The fourth-order valence-corrected chi connectivity index (χ4v) is 2.84. The molecule has 1 aromatic heterocycles. The summed E-state index contributed by atoms with van der Waals surface area (Å²) in [6.07, 6.45) is 1.64. The van der Waals surface area contributed by atoms with Gasteiger partial charge in [-0.05, 0) is 25.0 Å². The van der Waals surface area contributed by atoms with E-state index in [0.717, 1.165) is 12.8 Å². The second-order valence-corrected chi connectivity index (χ2v) is 7.23. The third-order valence-electron chi connectivity index (χ3n) is 3.41. The highest BCUT2D eigenvalue weighted by Gasteiger charge is 2.31. The molecule has 0 bridgehead atoms. The molecule has 0 aliphatic rings. The number of alkyl halides is 3. The predicted molar refractivity (Wildman–Crippen MR) is 91.4 cm³/mol. The fraction of sp³-hybridized carbons (Fsp3) is 0.467. The van der Waals surface area contributed by atoms with E-state index in [9.17, 15) is 4.79 Å². The Morgan fingerprint density at radius 3 is 2.61 bits per heavy atom.